The molecule has 1 saturated heterocycles. The Balaban J connectivity index is 1.18. The summed E-state index contributed by atoms with van der Waals surface area (Å²) in [5, 5.41) is 4.27. The van der Waals surface area contributed by atoms with Crippen molar-refractivity contribution in [1.29, 1.82) is 0 Å². The molecule has 2 aliphatic heterocycles. The van der Waals surface area contributed by atoms with Gasteiger partial charge in [0, 0.05) is 44.5 Å². The molecule has 0 aliphatic carbocycles. The van der Waals surface area contributed by atoms with E-state index < -0.39 is 0 Å². The van der Waals surface area contributed by atoms with Crippen LogP contribution < -0.4 is 9.47 Å². The van der Waals surface area contributed by atoms with Crippen molar-refractivity contribution in [2.75, 3.05) is 33.0 Å². The molecule has 3 aromatic rings. The Labute approximate surface area is 169 Å². The van der Waals surface area contributed by atoms with Crippen molar-refractivity contribution in [3.8, 4) is 22.6 Å². The van der Waals surface area contributed by atoms with E-state index in [9.17, 15) is 4.79 Å². The van der Waals surface area contributed by atoms with E-state index in [4.69, 9.17) is 9.47 Å². The molecule has 0 N–H and O–H groups in total. The van der Waals surface area contributed by atoms with Crippen molar-refractivity contribution in [1.82, 2.24) is 19.6 Å². The number of carbonyl (C=O) groups is 1. The van der Waals surface area contributed by atoms with Crippen molar-refractivity contribution in [3.63, 3.8) is 0 Å². The van der Waals surface area contributed by atoms with Crippen LogP contribution in [0.25, 0.3) is 11.1 Å². The minimum atomic E-state index is -0.0742. The molecular formula is C22H22N4O3. The molecule has 1 amide bonds. The summed E-state index contributed by atoms with van der Waals surface area (Å²) in [6, 6.07) is 16.0. The topological polar surface area (TPSA) is 59.8 Å². The lowest BCUT2D eigenvalue weighted by molar-refractivity contribution is 0.134. The van der Waals surface area contributed by atoms with Gasteiger partial charge >= 0.3 is 6.03 Å². The molecule has 2 aromatic carbocycles. The Kier molecular flexibility index (Phi) is 4.65. The highest BCUT2D eigenvalue weighted by molar-refractivity contribution is 5.77. The van der Waals surface area contributed by atoms with Gasteiger partial charge in [-0.2, -0.15) is 9.78 Å². The number of hydrogen-bond donors (Lipinski definition) is 0. The quantitative estimate of drug-likeness (QED) is 0.688. The van der Waals surface area contributed by atoms with Gasteiger partial charge in [0.05, 0.1) is 6.20 Å². The Morgan fingerprint density at radius 2 is 1.72 bits per heavy atom. The third-order valence-corrected chi connectivity index (χ3v) is 5.37. The molecule has 7 nitrogen and oxygen atoms in total. The van der Waals surface area contributed by atoms with Gasteiger partial charge < -0.3 is 14.4 Å². The van der Waals surface area contributed by atoms with Crippen molar-refractivity contribution in [2.45, 2.75) is 6.54 Å². The molecule has 1 aromatic heterocycles. The molecule has 0 bridgehead atoms. The van der Waals surface area contributed by atoms with E-state index in [1.165, 1.54) is 10.2 Å². The normalized spacial score (nSPS) is 16.2. The Morgan fingerprint density at radius 1 is 0.931 bits per heavy atom. The predicted octanol–water partition coefficient (Wildman–Crippen LogP) is 3.06. The first-order valence-electron chi connectivity index (χ1n) is 9.76. The van der Waals surface area contributed by atoms with E-state index >= 15 is 0 Å². The van der Waals surface area contributed by atoms with Crippen LogP contribution in [-0.4, -0.2) is 58.6 Å². The second kappa shape index (κ2) is 7.60. The van der Waals surface area contributed by atoms with Gasteiger partial charge in [0.1, 0.15) is 0 Å². The first-order valence-corrected chi connectivity index (χ1v) is 9.76. The van der Waals surface area contributed by atoms with Gasteiger partial charge in [0.2, 0.25) is 6.79 Å². The number of hydrogen-bond acceptors (Lipinski definition) is 5. The van der Waals surface area contributed by atoms with Crippen LogP contribution in [0.2, 0.25) is 0 Å². The SMILES string of the molecule is O=C(N1CCN(Cc2ccc3c(c2)OCO3)CC1)n1cc(-c2ccccc2)cn1. The summed E-state index contributed by atoms with van der Waals surface area (Å²) in [6.07, 6.45) is 3.54. The molecule has 0 saturated carbocycles. The second-order valence-corrected chi connectivity index (χ2v) is 7.27. The highest BCUT2D eigenvalue weighted by Gasteiger charge is 2.23. The number of benzene rings is 2. The molecule has 0 radical (unpaired) electrons. The second-order valence-electron chi connectivity index (χ2n) is 7.27. The molecule has 29 heavy (non-hydrogen) atoms. The van der Waals surface area contributed by atoms with Crippen molar-refractivity contribution < 1.29 is 14.3 Å². The highest BCUT2D eigenvalue weighted by atomic mass is 16.7. The summed E-state index contributed by atoms with van der Waals surface area (Å²) in [7, 11) is 0. The van der Waals surface area contributed by atoms with Crippen molar-refractivity contribution >= 4 is 6.03 Å². The zero-order valence-electron chi connectivity index (χ0n) is 16.0. The molecular weight excluding hydrogens is 368 g/mol. The molecule has 3 heterocycles. The van der Waals surface area contributed by atoms with Gasteiger partial charge in [0.15, 0.2) is 11.5 Å². The maximum atomic E-state index is 12.8. The Hall–Kier alpha value is -3.32. The van der Waals surface area contributed by atoms with E-state index in [1.54, 1.807) is 12.4 Å². The van der Waals surface area contributed by atoms with Crippen molar-refractivity contribution in [2.24, 2.45) is 0 Å². The number of nitrogens with zero attached hydrogens (tertiary/aromatic N) is 4. The van der Waals surface area contributed by atoms with Gasteiger partial charge in [0.25, 0.3) is 0 Å². The zero-order chi connectivity index (χ0) is 19.6. The molecule has 2 aliphatic rings. The molecule has 1 fully saturated rings. The third-order valence-electron chi connectivity index (χ3n) is 5.37. The first kappa shape index (κ1) is 17.8. The number of amides is 1. The molecule has 7 heteroatoms. The van der Waals surface area contributed by atoms with Crippen LogP contribution in [0.15, 0.2) is 60.9 Å². The number of ether oxygens (including phenoxy) is 2. The summed E-state index contributed by atoms with van der Waals surface area (Å²) >= 11 is 0. The Morgan fingerprint density at radius 3 is 2.55 bits per heavy atom. The predicted molar refractivity (Wildman–Crippen MR) is 108 cm³/mol. The zero-order valence-corrected chi connectivity index (χ0v) is 16.0. The molecule has 0 spiro atoms. The van der Waals surface area contributed by atoms with Gasteiger partial charge in [-0.3, -0.25) is 4.90 Å². The maximum Gasteiger partial charge on any atom is 0.344 e. The number of carbonyl (C=O) groups excluding carboxylic acids is 1. The minimum Gasteiger partial charge on any atom is -0.454 e. The fraction of sp³-hybridized carbons (Fsp3) is 0.273. The fourth-order valence-electron chi connectivity index (χ4n) is 3.75. The summed E-state index contributed by atoms with van der Waals surface area (Å²) in [4.78, 5) is 17.0. The minimum absolute atomic E-state index is 0.0742. The number of fused-ring (bicyclic) bond motifs is 1. The monoisotopic (exact) mass is 390 g/mol. The van der Waals surface area contributed by atoms with Gasteiger partial charge in [-0.15, -0.1) is 0 Å². The molecule has 5 rings (SSSR count). The summed E-state index contributed by atoms with van der Waals surface area (Å²) < 4.78 is 12.3. The van der Waals surface area contributed by atoms with E-state index in [0.717, 1.165) is 42.3 Å². The van der Waals surface area contributed by atoms with E-state index in [1.807, 2.05) is 47.4 Å². The van der Waals surface area contributed by atoms with Gasteiger partial charge in [-0.1, -0.05) is 36.4 Å². The molecule has 0 unspecified atom stereocenters. The lowest BCUT2D eigenvalue weighted by Gasteiger charge is -2.34. The number of rotatable bonds is 3. The van der Waals surface area contributed by atoms with Crippen LogP contribution in [0, 0.1) is 0 Å². The highest BCUT2D eigenvalue weighted by Crippen LogP contribution is 2.32. The smallest absolute Gasteiger partial charge is 0.344 e. The molecule has 148 valence electrons. The average Bonchev–Trinajstić information content (AvgIpc) is 3.44. The summed E-state index contributed by atoms with van der Waals surface area (Å²) in [5.41, 5.74) is 3.19. The Bertz CT molecular complexity index is 1010. The fourth-order valence-corrected chi connectivity index (χ4v) is 3.75. The van der Waals surface area contributed by atoms with E-state index in [0.29, 0.717) is 19.9 Å². The summed E-state index contributed by atoms with van der Waals surface area (Å²) in [6.45, 7) is 4.14. The number of aromatic nitrogens is 2. The standard InChI is InChI=1S/C22H22N4O3/c27-22(26-15-19(13-23-26)18-4-2-1-3-5-18)25-10-8-24(9-11-25)14-17-6-7-20-21(12-17)29-16-28-20/h1-7,12-13,15H,8-11,14,16H2. The maximum absolute atomic E-state index is 12.8. The van der Waals surface area contributed by atoms with Crippen LogP contribution in [0.3, 0.4) is 0 Å². The first-order chi connectivity index (χ1) is 14.3. The average molecular weight is 390 g/mol. The molecule has 0 atom stereocenters. The van der Waals surface area contributed by atoms with Crippen LogP contribution >= 0.6 is 0 Å². The summed E-state index contributed by atoms with van der Waals surface area (Å²) in [5.74, 6) is 1.61. The van der Waals surface area contributed by atoms with E-state index in [-0.39, 0.29) is 6.03 Å². The third kappa shape index (κ3) is 3.69. The lowest BCUT2D eigenvalue weighted by Crippen LogP contribution is -2.49. The van der Waals surface area contributed by atoms with Crippen LogP contribution in [0.4, 0.5) is 4.79 Å². The van der Waals surface area contributed by atoms with Gasteiger partial charge in [-0.05, 0) is 23.3 Å². The van der Waals surface area contributed by atoms with E-state index in [2.05, 4.69) is 16.1 Å². The van der Waals surface area contributed by atoms with Gasteiger partial charge in [-0.25, -0.2) is 4.79 Å². The number of piperazine rings is 1. The lowest BCUT2D eigenvalue weighted by atomic mass is 10.1. The van der Waals surface area contributed by atoms with Crippen molar-refractivity contribution in [3.05, 3.63) is 66.5 Å². The van der Waals surface area contributed by atoms with Crippen LogP contribution in [0.5, 0.6) is 11.5 Å². The van der Waals surface area contributed by atoms with Crippen LogP contribution in [0.1, 0.15) is 5.56 Å². The largest absolute Gasteiger partial charge is 0.454 e. The van der Waals surface area contributed by atoms with Crippen LogP contribution in [-0.2, 0) is 6.54 Å².